The molecule has 0 saturated heterocycles. The molecule has 0 aliphatic carbocycles. The number of oxime groups is 1. The summed E-state index contributed by atoms with van der Waals surface area (Å²) >= 11 is 4.71. The first kappa shape index (κ1) is 14.8. The number of nitrogens with zero attached hydrogens (tertiary/aromatic N) is 2. The van der Waals surface area contributed by atoms with Crippen LogP contribution in [0.1, 0.15) is 11.1 Å². The Morgan fingerprint density at radius 3 is 2.85 bits per heavy atom. The van der Waals surface area contributed by atoms with E-state index in [0.717, 1.165) is 9.50 Å². The van der Waals surface area contributed by atoms with E-state index in [1.165, 1.54) is 17.8 Å². The summed E-state index contributed by atoms with van der Waals surface area (Å²) in [5.41, 5.74) is 5.99. The molecule has 1 aromatic carbocycles. The van der Waals surface area contributed by atoms with Gasteiger partial charge < -0.3 is 10.9 Å². The van der Waals surface area contributed by atoms with E-state index >= 15 is 0 Å². The third kappa shape index (κ3) is 3.49. The van der Waals surface area contributed by atoms with E-state index in [-0.39, 0.29) is 11.4 Å². The van der Waals surface area contributed by atoms with E-state index in [0.29, 0.717) is 11.3 Å². The largest absolute Gasteiger partial charge is 0.409 e. The molecule has 0 saturated carbocycles. The van der Waals surface area contributed by atoms with Crippen molar-refractivity contribution in [2.24, 2.45) is 10.9 Å². The Bertz CT molecular complexity index is 634. The second-order valence-electron chi connectivity index (χ2n) is 3.87. The van der Waals surface area contributed by atoms with Gasteiger partial charge in [0, 0.05) is 16.4 Å². The highest BCUT2D eigenvalue weighted by molar-refractivity contribution is 9.10. The quantitative estimate of drug-likeness (QED) is 0.290. The van der Waals surface area contributed by atoms with E-state index in [9.17, 15) is 4.39 Å². The molecule has 3 N–H and O–H groups in total. The smallest absolute Gasteiger partial charge is 0.173 e. The molecule has 0 aliphatic heterocycles. The van der Waals surface area contributed by atoms with E-state index in [1.807, 2.05) is 12.1 Å². The molecule has 0 radical (unpaired) electrons. The number of hydrogen-bond acceptors (Lipinski definition) is 4. The lowest BCUT2D eigenvalue weighted by Gasteiger charge is -2.07. The van der Waals surface area contributed by atoms with Crippen LogP contribution in [0, 0.1) is 5.82 Å². The van der Waals surface area contributed by atoms with Gasteiger partial charge >= 0.3 is 0 Å². The summed E-state index contributed by atoms with van der Waals surface area (Å²) in [5, 5.41) is 12.2. The van der Waals surface area contributed by atoms with Crippen LogP contribution in [-0.4, -0.2) is 16.0 Å². The van der Waals surface area contributed by atoms with Crippen LogP contribution in [0.3, 0.4) is 0 Å². The molecule has 0 unspecified atom stereocenters. The number of nitrogens with two attached hydrogens (primary N) is 1. The molecule has 0 aliphatic rings. The molecule has 4 nitrogen and oxygen atoms in total. The van der Waals surface area contributed by atoms with Crippen molar-refractivity contribution < 1.29 is 9.60 Å². The number of rotatable bonds is 4. The number of benzene rings is 1. The Morgan fingerprint density at radius 2 is 2.20 bits per heavy atom. The first-order chi connectivity index (χ1) is 9.61. The lowest BCUT2D eigenvalue weighted by Crippen LogP contribution is -2.15. The van der Waals surface area contributed by atoms with Crippen LogP contribution in [0.5, 0.6) is 0 Å². The van der Waals surface area contributed by atoms with Gasteiger partial charge in [-0.1, -0.05) is 17.3 Å². The van der Waals surface area contributed by atoms with Crippen molar-refractivity contribution in [2.75, 3.05) is 0 Å². The summed E-state index contributed by atoms with van der Waals surface area (Å²) in [6, 6.07) is 8.52. The SMILES string of the molecule is N/C(=N/O)c1cccc(CSc2ccc(Br)cn2)c1F. The van der Waals surface area contributed by atoms with Crippen LogP contribution in [0.4, 0.5) is 4.39 Å². The highest BCUT2D eigenvalue weighted by Gasteiger charge is 2.11. The summed E-state index contributed by atoms with van der Waals surface area (Å²) in [6.45, 7) is 0. The second-order valence-corrected chi connectivity index (χ2v) is 5.78. The Balaban J connectivity index is 2.16. The molecule has 0 bridgehead atoms. The Morgan fingerprint density at radius 1 is 1.40 bits per heavy atom. The molecule has 0 spiro atoms. The fourth-order valence-electron chi connectivity index (χ4n) is 1.54. The summed E-state index contributed by atoms with van der Waals surface area (Å²) in [6.07, 6.45) is 1.69. The van der Waals surface area contributed by atoms with Crippen molar-refractivity contribution in [3.63, 3.8) is 0 Å². The second kappa shape index (κ2) is 6.71. The number of halogens is 2. The van der Waals surface area contributed by atoms with Crippen LogP contribution in [0.2, 0.25) is 0 Å². The van der Waals surface area contributed by atoms with Gasteiger partial charge in [-0.2, -0.15) is 0 Å². The zero-order valence-corrected chi connectivity index (χ0v) is 12.7. The molecule has 20 heavy (non-hydrogen) atoms. The first-order valence-corrected chi connectivity index (χ1v) is 7.39. The predicted octanol–water partition coefficient (Wildman–Crippen LogP) is 3.37. The van der Waals surface area contributed by atoms with Crippen LogP contribution in [0.15, 0.2) is 51.2 Å². The van der Waals surface area contributed by atoms with Gasteiger partial charge in [-0.3, -0.25) is 0 Å². The molecule has 0 atom stereocenters. The van der Waals surface area contributed by atoms with Crippen molar-refractivity contribution in [3.8, 4) is 0 Å². The molecule has 104 valence electrons. The van der Waals surface area contributed by atoms with Crippen LogP contribution < -0.4 is 5.73 Å². The van der Waals surface area contributed by atoms with Gasteiger partial charge in [0.1, 0.15) is 5.82 Å². The van der Waals surface area contributed by atoms with Crippen molar-refractivity contribution in [3.05, 3.63) is 57.9 Å². The van der Waals surface area contributed by atoms with Gasteiger partial charge in [0.05, 0.1) is 10.6 Å². The van der Waals surface area contributed by atoms with Crippen molar-refractivity contribution in [2.45, 2.75) is 10.8 Å². The number of amidine groups is 1. The first-order valence-electron chi connectivity index (χ1n) is 5.61. The minimum atomic E-state index is -0.479. The Kier molecular flexibility index (Phi) is 4.97. The summed E-state index contributed by atoms with van der Waals surface area (Å²) in [7, 11) is 0. The highest BCUT2D eigenvalue weighted by Crippen LogP contribution is 2.24. The van der Waals surface area contributed by atoms with Crippen LogP contribution in [0.25, 0.3) is 0 Å². The maximum absolute atomic E-state index is 14.2. The zero-order chi connectivity index (χ0) is 14.5. The molecule has 7 heteroatoms. The van der Waals surface area contributed by atoms with E-state index in [2.05, 4.69) is 26.1 Å². The monoisotopic (exact) mass is 355 g/mol. The minimum absolute atomic E-state index is 0.0920. The fraction of sp³-hybridized carbons (Fsp3) is 0.0769. The van der Waals surface area contributed by atoms with Crippen molar-refractivity contribution in [1.29, 1.82) is 0 Å². The molecule has 0 fully saturated rings. The molecule has 2 aromatic rings. The maximum Gasteiger partial charge on any atom is 0.173 e. The molecular formula is C13H11BrFN3OS. The maximum atomic E-state index is 14.2. The highest BCUT2D eigenvalue weighted by atomic mass is 79.9. The van der Waals surface area contributed by atoms with Crippen molar-refractivity contribution in [1.82, 2.24) is 4.98 Å². The van der Waals surface area contributed by atoms with Crippen LogP contribution in [-0.2, 0) is 5.75 Å². The summed E-state index contributed by atoms with van der Waals surface area (Å²) in [4.78, 5) is 4.20. The summed E-state index contributed by atoms with van der Waals surface area (Å²) < 4.78 is 15.1. The molecule has 0 amide bonds. The van der Waals surface area contributed by atoms with Gasteiger partial charge in [-0.05, 0) is 39.7 Å². The summed E-state index contributed by atoms with van der Waals surface area (Å²) in [5.74, 6) is -0.309. The van der Waals surface area contributed by atoms with Gasteiger partial charge in [0.25, 0.3) is 0 Å². The van der Waals surface area contributed by atoms with Gasteiger partial charge in [-0.15, -0.1) is 11.8 Å². The van der Waals surface area contributed by atoms with E-state index in [1.54, 1.807) is 18.3 Å². The third-order valence-electron chi connectivity index (χ3n) is 2.54. The lowest BCUT2D eigenvalue weighted by atomic mass is 10.1. The Hall–Kier alpha value is -1.60. The fourth-order valence-corrected chi connectivity index (χ4v) is 2.59. The third-order valence-corrected chi connectivity index (χ3v) is 4.00. The van der Waals surface area contributed by atoms with Gasteiger partial charge in [-0.25, -0.2) is 9.37 Å². The standard InChI is InChI=1S/C13H11BrFN3OS/c14-9-4-5-11(17-6-9)20-7-8-2-1-3-10(12(8)15)13(16)18-19/h1-6,19H,7H2,(H2,16,18). The molecule has 2 rings (SSSR count). The van der Waals surface area contributed by atoms with E-state index < -0.39 is 5.82 Å². The average molecular weight is 356 g/mol. The molecular weight excluding hydrogens is 345 g/mol. The average Bonchev–Trinajstić information content (AvgIpc) is 2.47. The normalized spacial score (nSPS) is 11.6. The zero-order valence-electron chi connectivity index (χ0n) is 10.3. The predicted molar refractivity (Wildman–Crippen MR) is 80.4 cm³/mol. The Labute approximate surface area is 128 Å². The number of hydrogen-bond donors (Lipinski definition) is 2. The molecule has 1 aromatic heterocycles. The lowest BCUT2D eigenvalue weighted by molar-refractivity contribution is 0.318. The topological polar surface area (TPSA) is 71.5 Å². The number of aromatic nitrogens is 1. The van der Waals surface area contributed by atoms with Gasteiger partial charge in [0.2, 0.25) is 0 Å². The van der Waals surface area contributed by atoms with Crippen molar-refractivity contribution >= 4 is 33.5 Å². The van der Waals surface area contributed by atoms with Crippen LogP contribution >= 0.6 is 27.7 Å². The number of thioether (sulfide) groups is 1. The van der Waals surface area contributed by atoms with E-state index in [4.69, 9.17) is 10.9 Å². The molecule has 1 heterocycles. The minimum Gasteiger partial charge on any atom is -0.409 e. The number of pyridine rings is 1. The van der Waals surface area contributed by atoms with Gasteiger partial charge in [0.15, 0.2) is 5.84 Å².